The zero-order chi connectivity index (χ0) is 21.9. The Kier molecular flexibility index (Phi) is 5.46. The molecule has 0 bridgehead atoms. The number of amides is 2. The molecule has 2 N–H and O–H groups in total. The molecule has 0 saturated carbocycles. The van der Waals surface area contributed by atoms with Crippen LogP contribution >= 0.6 is 0 Å². The minimum Gasteiger partial charge on any atom is -0.485 e. The molecule has 10 nitrogen and oxygen atoms in total. The molecule has 1 saturated heterocycles. The molecule has 4 heterocycles. The lowest BCUT2D eigenvalue weighted by Gasteiger charge is -2.34. The first-order valence-electron chi connectivity index (χ1n) is 10.3. The molecule has 0 radical (unpaired) electrons. The van der Waals surface area contributed by atoms with Gasteiger partial charge in [0.05, 0.1) is 6.54 Å². The van der Waals surface area contributed by atoms with Gasteiger partial charge in [0.1, 0.15) is 24.6 Å². The van der Waals surface area contributed by atoms with Crippen LogP contribution in [0.3, 0.4) is 0 Å². The maximum Gasteiger partial charge on any atom is 0.328 e. The van der Waals surface area contributed by atoms with Gasteiger partial charge in [0.15, 0.2) is 17.5 Å². The maximum atomic E-state index is 13.9. The van der Waals surface area contributed by atoms with Crippen molar-refractivity contribution >= 4 is 23.5 Å². The van der Waals surface area contributed by atoms with Gasteiger partial charge in [-0.15, -0.1) is 0 Å². The van der Waals surface area contributed by atoms with Crippen molar-refractivity contribution < 1.29 is 13.9 Å². The Morgan fingerprint density at radius 2 is 1.97 bits per heavy atom. The average molecular weight is 436 g/mol. The van der Waals surface area contributed by atoms with Gasteiger partial charge in [-0.05, 0) is 18.2 Å². The van der Waals surface area contributed by atoms with Crippen molar-refractivity contribution in [2.45, 2.75) is 0 Å². The highest BCUT2D eigenvalue weighted by atomic mass is 19.1. The summed E-state index contributed by atoms with van der Waals surface area (Å²) in [6, 6.07) is 7.28. The summed E-state index contributed by atoms with van der Waals surface area (Å²) in [5, 5.41) is 6.07. The second-order valence-corrected chi connectivity index (χ2v) is 7.30. The first-order valence-corrected chi connectivity index (χ1v) is 10.3. The number of halogens is 1. The molecule has 0 unspecified atom stereocenters. The number of piperazine rings is 1. The number of anilines is 3. The molecule has 11 heteroatoms. The third-order valence-electron chi connectivity index (χ3n) is 5.21. The van der Waals surface area contributed by atoms with Crippen molar-refractivity contribution in [2.24, 2.45) is 0 Å². The summed E-state index contributed by atoms with van der Waals surface area (Å²) >= 11 is 0. The molecule has 0 atom stereocenters. The third kappa shape index (κ3) is 4.02. The second-order valence-electron chi connectivity index (χ2n) is 7.30. The van der Waals surface area contributed by atoms with E-state index in [1.807, 2.05) is 0 Å². The number of aromatic nitrogens is 4. The number of carbonyl (C=O) groups excluding carboxylic acids is 1. The zero-order valence-electron chi connectivity index (χ0n) is 17.2. The number of urea groups is 1. The summed E-state index contributed by atoms with van der Waals surface area (Å²) in [6.45, 7) is 3.64. The smallest absolute Gasteiger partial charge is 0.328 e. The standard InChI is InChI=1S/C21H21FN8O2/c22-15-3-1-2-14(12-15)18-27-19(29-8-6-23-7-9-29)17-20(28-18)30(10-11-32-17)21(31)26-16-4-5-24-13-25-16/h1-5,12-13,23H,6-11H2,(H,24,25,26,31). The van der Waals surface area contributed by atoms with Crippen molar-refractivity contribution in [1.82, 2.24) is 25.3 Å². The Bertz CT molecular complexity index is 1120. The number of hydrogen-bond donors (Lipinski definition) is 2. The van der Waals surface area contributed by atoms with E-state index >= 15 is 0 Å². The highest BCUT2D eigenvalue weighted by Gasteiger charge is 2.32. The van der Waals surface area contributed by atoms with Gasteiger partial charge in [-0.3, -0.25) is 10.2 Å². The summed E-state index contributed by atoms with van der Waals surface area (Å²) in [5.74, 6) is 1.68. The zero-order valence-corrected chi connectivity index (χ0v) is 17.2. The maximum absolute atomic E-state index is 13.9. The Morgan fingerprint density at radius 1 is 1.12 bits per heavy atom. The van der Waals surface area contributed by atoms with E-state index in [1.54, 1.807) is 24.4 Å². The second kappa shape index (κ2) is 8.71. The van der Waals surface area contributed by atoms with Gasteiger partial charge in [-0.2, -0.15) is 0 Å². The summed E-state index contributed by atoms with van der Waals surface area (Å²) in [5.41, 5.74) is 0.519. The van der Waals surface area contributed by atoms with Crippen molar-refractivity contribution in [1.29, 1.82) is 0 Å². The van der Waals surface area contributed by atoms with Crippen molar-refractivity contribution in [3.63, 3.8) is 0 Å². The molecule has 2 aromatic heterocycles. The van der Waals surface area contributed by atoms with Crippen LogP contribution in [-0.4, -0.2) is 65.3 Å². The minimum absolute atomic E-state index is 0.296. The number of fused-ring (bicyclic) bond motifs is 1. The van der Waals surface area contributed by atoms with Crippen LogP contribution in [0.25, 0.3) is 11.4 Å². The summed E-state index contributed by atoms with van der Waals surface area (Å²) in [6.07, 6.45) is 2.90. The molecule has 0 spiro atoms. The Balaban J connectivity index is 1.58. The van der Waals surface area contributed by atoms with Crippen molar-refractivity contribution in [3.8, 4) is 17.1 Å². The summed E-state index contributed by atoms with van der Waals surface area (Å²) in [4.78, 5) is 33.9. The van der Waals surface area contributed by atoms with E-state index in [0.29, 0.717) is 47.7 Å². The van der Waals surface area contributed by atoms with E-state index in [1.165, 1.54) is 23.4 Å². The van der Waals surface area contributed by atoms with E-state index in [9.17, 15) is 9.18 Å². The number of hydrogen-bond acceptors (Lipinski definition) is 8. The lowest BCUT2D eigenvalue weighted by molar-refractivity contribution is 0.249. The topological polar surface area (TPSA) is 108 Å². The summed E-state index contributed by atoms with van der Waals surface area (Å²) in [7, 11) is 0. The van der Waals surface area contributed by atoms with Gasteiger partial charge in [0, 0.05) is 37.9 Å². The molecule has 3 aromatic rings. The van der Waals surface area contributed by atoms with E-state index in [-0.39, 0.29) is 5.82 Å². The quantitative estimate of drug-likeness (QED) is 0.641. The molecule has 164 valence electrons. The molecule has 0 aliphatic carbocycles. The average Bonchev–Trinajstić information content (AvgIpc) is 2.84. The number of rotatable bonds is 3. The van der Waals surface area contributed by atoms with Crippen LogP contribution in [0.1, 0.15) is 0 Å². The lowest BCUT2D eigenvalue weighted by atomic mass is 10.2. The fraction of sp³-hybridized carbons (Fsp3) is 0.286. The third-order valence-corrected chi connectivity index (χ3v) is 5.21. The van der Waals surface area contributed by atoms with E-state index in [4.69, 9.17) is 9.72 Å². The normalized spacial score (nSPS) is 15.7. The number of ether oxygens (including phenoxy) is 1. The number of nitrogens with one attached hydrogen (secondary N) is 2. The van der Waals surface area contributed by atoms with Crippen LogP contribution in [0, 0.1) is 5.82 Å². The molecule has 1 aromatic carbocycles. The van der Waals surface area contributed by atoms with Crippen molar-refractivity contribution in [3.05, 3.63) is 48.7 Å². The van der Waals surface area contributed by atoms with Crippen LogP contribution in [-0.2, 0) is 0 Å². The molecule has 2 amide bonds. The molecular weight excluding hydrogens is 415 g/mol. The number of nitrogens with zero attached hydrogens (tertiary/aromatic N) is 6. The van der Waals surface area contributed by atoms with E-state index in [2.05, 4.69) is 30.5 Å². The highest BCUT2D eigenvalue weighted by Crippen LogP contribution is 2.40. The molecule has 2 aliphatic heterocycles. The van der Waals surface area contributed by atoms with E-state index in [0.717, 1.165) is 26.2 Å². The van der Waals surface area contributed by atoms with Crippen LogP contribution < -0.4 is 25.2 Å². The molecule has 1 fully saturated rings. The van der Waals surface area contributed by atoms with Gasteiger partial charge in [0.2, 0.25) is 5.75 Å². The van der Waals surface area contributed by atoms with Crippen molar-refractivity contribution in [2.75, 3.05) is 54.4 Å². The van der Waals surface area contributed by atoms with Crippen LogP contribution in [0.15, 0.2) is 42.9 Å². The lowest BCUT2D eigenvalue weighted by Crippen LogP contribution is -2.45. The summed E-state index contributed by atoms with van der Waals surface area (Å²) < 4.78 is 19.9. The fourth-order valence-electron chi connectivity index (χ4n) is 3.67. The Hall–Kier alpha value is -3.86. The SMILES string of the molecule is O=C(Nc1ccncn1)N1CCOc2c(N3CCNCC3)nc(-c3cccc(F)c3)nc21. The van der Waals surface area contributed by atoms with E-state index < -0.39 is 6.03 Å². The van der Waals surface area contributed by atoms with Crippen LogP contribution in [0.5, 0.6) is 5.75 Å². The monoisotopic (exact) mass is 436 g/mol. The number of benzene rings is 1. The Labute approximate surface area is 183 Å². The minimum atomic E-state index is -0.400. The first kappa shape index (κ1) is 20.1. The van der Waals surface area contributed by atoms with Gasteiger partial charge >= 0.3 is 6.03 Å². The number of carbonyl (C=O) groups is 1. The predicted molar refractivity (Wildman–Crippen MR) is 116 cm³/mol. The van der Waals surface area contributed by atoms with Gasteiger partial charge in [0.25, 0.3) is 0 Å². The molecule has 2 aliphatic rings. The Morgan fingerprint density at radius 3 is 2.75 bits per heavy atom. The fourth-order valence-corrected chi connectivity index (χ4v) is 3.67. The predicted octanol–water partition coefficient (Wildman–Crippen LogP) is 1.91. The van der Waals surface area contributed by atoms with Gasteiger partial charge < -0.3 is 15.0 Å². The van der Waals surface area contributed by atoms with Crippen LogP contribution in [0.4, 0.5) is 26.6 Å². The first-order chi connectivity index (χ1) is 15.7. The highest BCUT2D eigenvalue weighted by molar-refractivity contribution is 6.02. The molecule has 32 heavy (non-hydrogen) atoms. The molecule has 5 rings (SSSR count). The largest absolute Gasteiger partial charge is 0.485 e. The van der Waals surface area contributed by atoms with Gasteiger partial charge in [-0.1, -0.05) is 12.1 Å². The van der Waals surface area contributed by atoms with Gasteiger partial charge in [-0.25, -0.2) is 29.1 Å². The molecular formula is C21H21FN8O2. The van der Waals surface area contributed by atoms with Crippen LogP contribution in [0.2, 0.25) is 0 Å².